The maximum absolute atomic E-state index is 12.7. The Morgan fingerprint density at radius 3 is 2.42 bits per heavy atom. The van der Waals surface area contributed by atoms with Crippen LogP contribution in [0.3, 0.4) is 0 Å². The van der Waals surface area contributed by atoms with Gasteiger partial charge >= 0.3 is 0 Å². The molecule has 0 bridgehead atoms. The molecule has 0 aliphatic carbocycles. The predicted octanol–water partition coefficient (Wildman–Crippen LogP) is 2.11. The molecular weight excluding hydrogens is 326 g/mol. The maximum atomic E-state index is 12.7. The molecule has 1 saturated heterocycles. The molecule has 1 aromatic rings. The van der Waals surface area contributed by atoms with E-state index in [1.807, 2.05) is 13.8 Å². The summed E-state index contributed by atoms with van der Waals surface area (Å²) in [7, 11) is -3.64. The summed E-state index contributed by atoms with van der Waals surface area (Å²) >= 11 is 0. The van der Waals surface area contributed by atoms with E-state index >= 15 is 0 Å². The lowest BCUT2D eigenvalue weighted by molar-refractivity contribution is 0.0953. The van der Waals surface area contributed by atoms with E-state index < -0.39 is 10.0 Å². The summed E-state index contributed by atoms with van der Waals surface area (Å²) in [6.07, 6.45) is 3.66. The lowest BCUT2D eigenvalue weighted by Gasteiger charge is -2.22. The molecule has 1 amide bonds. The minimum absolute atomic E-state index is 0.196. The molecule has 1 fully saturated rings. The number of carbonyl (C=O) groups excluding carboxylic acids is 1. The predicted molar refractivity (Wildman–Crippen MR) is 96.0 cm³/mol. The number of hydrogen-bond donors (Lipinski definition) is 2. The molecule has 1 aromatic carbocycles. The molecule has 6 nitrogen and oxygen atoms in total. The van der Waals surface area contributed by atoms with Gasteiger partial charge in [0.05, 0.1) is 5.69 Å². The fraction of sp³-hybridized carbons (Fsp3) is 0.588. The summed E-state index contributed by atoms with van der Waals surface area (Å²) in [6, 6.07) is 4.96. The Morgan fingerprint density at radius 1 is 1.12 bits per heavy atom. The van der Waals surface area contributed by atoms with Crippen molar-refractivity contribution in [2.45, 2.75) is 44.4 Å². The number of nitrogens with one attached hydrogen (secondary N) is 2. The van der Waals surface area contributed by atoms with E-state index in [-0.39, 0.29) is 10.8 Å². The minimum atomic E-state index is -3.64. The van der Waals surface area contributed by atoms with E-state index in [0.717, 1.165) is 38.8 Å². The molecule has 0 spiro atoms. The molecule has 2 N–H and O–H groups in total. The van der Waals surface area contributed by atoms with Crippen molar-refractivity contribution in [3.05, 3.63) is 23.8 Å². The summed E-state index contributed by atoms with van der Waals surface area (Å²) in [6.45, 7) is 6.53. The van der Waals surface area contributed by atoms with Crippen LogP contribution in [0.15, 0.2) is 23.1 Å². The van der Waals surface area contributed by atoms with Crippen LogP contribution < -0.4 is 14.9 Å². The number of benzene rings is 1. The zero-order valence-corrected chi connectivity index (χ0v) is 15.3. The number of nitrogens with zero attached hydrogens (tertiary/aromatic N) is 1. The van der Waals surface area contributed by atoms with Gasteiger partial charge in [0, 0.05) is 31.7 Å². The van der Waals surface area contributed by atoms with Gasteiger partial charge in [0.1, 0.15) is 4.90 Å². The van der Waals surface area contributed by atoms with Gasteiger partial charge in [-0.2, -0.15) is 0 Å². The zero-order chi connectivity index (χ0) is 17.6. The molecule has 1 aliphatic rings. The van der Waals surface area contributed by atoms with Crippen LogP contribution in [0.5, 0.6) is 0 Å². The van der Waals surface area contributed by atoms with Crippen molar-refractivity contribution in [3.63, 3.8) is 0 Å². The van der Waals surface area contributed by atoms with Crippen LogP contribution in [0, 0.1) is 0 Å². The molecule has 0 saturated carbocycles. The average molecular weight is 353 g/mol. The van der Waals surface area contributed by atoms with E-state index in [4.69, 9.17) is 0 Å². The van der Waals surface area contributed by atoms with Crippen molar-refractivity contribution in [1.29, 1.82) is 0 Å². The molecule has 134 valence electrons. The number of hydrogen-bond acceptors (Lipinski definition) is 4. The molecule has 0 radical (unpaired) electrons. The molecular formula is C17H27N3O3S. The lowest BCUT2D eigenvalue weighted by atomic mass is 10.2. The van der Waals surface area contributed by atoms with Crippen LogP contribution in [-0.2, 0) is 10.0 Å². The smallest absolute Gasteiger partial charge is 0.251 e. The van der Waals surface area contributed by atoms with Crippen molar-refractivity contribution in [1.82, 2.24) is 10.0 Å². The number of amides is 1. The minimum Gasteiger partial charge on any atom is -0.370 e. The van der Waals surface area contributed by atoms with Gasteiger partial charge in [0.25, 0.3) is 5.91 Å². The van der Waals surface area contributed by atoms with Gasteiger partial charge in [-0.15, -0.1) is 0 Å². The SMILES string of the molecule is CCCNC(=O)c1ccc(N2CCCC2)c(S(=O)(=O)NCCC)c1. The molecule has 1 aliphatic heterocycles. The average Bonchev–Trinajstić information content (AvgIpc) is 3.11. The third-order valence-electron chi connectivity index (χ3n) is 4.04. The maximum Gasteiger partial charge on any atom is 0.251 e. The van der Waals surface area contributed by atoms with Crippen LogP contribution >= 0.6 is 0 Å². The Hall–Kier alpha value is -1.60. The van der Waals surface area contributed by atoms with Crippen molar-refractivity contribution < 1.29 is 13.2 Å². The van der Waals surface area contributed by atoms with Gasteiger partial charge in [-0.05, 0) is 43.9 Å². The number of sulfonamides is 1. The molecule has 1 heterocycles. The molecule has 0 atom stereocenters. The van der Waals surface area contributed by atoms with Crippen molar-refractivity contribution in [3.8, 4) is 0 Å². The topological polar surface area (TPSA) is 78.5 Å². The van der Waals surface area contributed by atoms with Crippen LogP contribution in [0.1, 0.15) is 49.9 Å². The molecule has 0 aromatic heterocycles. The summed E-state index contributed by atoms with van der Waals surface area (Å²) < 4.78 is 28.0. The molecule has 2 rings (SSSR count). The molecule has 7 heteroatoms. The van der Waals surface area contributed by atoms with E-state index in [1.165, 1.54) is 6.07 Å². The van der Waals surface area contributed by atoms with Gasteiger partial charge in [0.2, 0.25) is 10.0 Å². The summed E-state index contributed by atoms with van der Waals surface area (Å²) in [5.41, 5.74) is 1.06. The van der Waals surface area contributed by atoms with E-state index in [2.05, 4.69) is 14.9 Å². The van der Waals surface area contributed by atoms with E-state index in [9.17, 15) is 13.2 Å². The number of anilines is 1. The second-order valence-electron chi connectivity index (χ2n) is 6.03. The highest BCUT2D eigenvalue weighted by molar-refractivity contribution is 7.89. The van der Waals surface area contributed by atoms with Crippen molar-refractivity contribution in [2.24, 2.45) is 0 Å². The normalized spacial score (nSPS) is 14.8. The monoisotopic (exact) mass is 353 g/mol. The second-order valence-corrected chi connectivity index (χ2v) is 7.77. The fourth-order valence-corrected chi connectivity index (χ4v) is 4.13. The Morgan fingerprint density at radius 2 is 1.79 bits per heavy atom. The van der Waals surface area contributed by atoms with Gasteiger partial charge < -0.3 is 10.2 Å². The second kappa shape index (κ2) is 8.48. The van der Waals surface area contributed by atoms with Crippen LogP contribution in [0.25, 0.3) is 0 Å². The van der Waals surface area contributed by atoms with Gasteiger partial charge in [-0.25, -0.2) is 13.1 Å². The molecule has 24 heavy (non-hydrogen) atoms. The Bertz CT molecular complexity index is 668. The largest absolute Gasteiger partial charge is 0.370 e. The summed E-state index contributed by atoms with van der Waals surface area (Å²) in [5.74, 6) is -0.239. The Labute approximate surface area is 144 Å². The van der Waals surface area contributed by atoms with Crippen LogP contribution in [0.4, 0.5) is 5.69 Å². The first-order valence-electron chi connectivity index (χ1n) is 8.66. The van der Waals surface area contributed by atoms with E-state index in [0.29, 0.717) is 24.3 Å². The fourth-order valence-electron chi connectivity index (χ4n) is 2.74. The van der Waals surface area contributed by atoms with Crippen LogP contribution in [0.2, 0.25) is 0 Å². The number of carbonyl (C=O) groups is 1. The third-order valence-corrected chi connectivity index (χ3v) is 5.53. The van der Waals surface area contributed by atoms with Gasteiger partial charge in [0.15, 0.2) is 0 Å². The number of rotatable bonds is 8. The highest BCUT2D eigenvalue weighted by atomic mass is 32.2. The first-order chi connectivity index (χ1) is 11.5. The van der Waals surface area contributed by atoms with Crippen LogP contribution in [-0.4, -0.2) is 40.5 Å². The Balaban J connectivity index is 2.39. The highest BCUT2D eigenvalue weighted by Crippen LogP contribution is 2.29. The first-order valence-corrected chi connectivity index (χ1v) is 10.1. The quantitative estimate of drug-likeness (QED) is 0.750. The van der Waals surface area contributed by atoms with E-state index in [1.54, 1.807) is 12.1 Å². The molecule has 0 unspecified atom stereocenters. The third kappa shape index (κ3) is 4.48. The Kier molecular flexibility index (Phi) is 6.62. The standard InChI is InChI=1S/C17H27N3O3S/c1-3-9-18-17(21)14-7-8-15(20-11-5-6-12-20)16(13-14)24(22,23)19-10-4-2/h7-8,13,19H,3-6,9-12H2,1-2H3,(H,18,21). The zero-order valence-electron chi connectivity index (χ0n) is 14.5. The van der Waals surface area contributed by atoms with Crippen molar-refractivity contribution >= 4 is 21.6 Å². The van der Waals surface area contributed by atoms with Gasteiger partial charge in [-0.1, -0.05) is 13.8 Å². The first kappa shape index (κ1) is 18.7. The highest BCUT2D eigenvalue weighted by Gasteiger charge is 2.25. The van der Waals surface area contributed by atoms with Gasteiger partial charge in [-0.3, -0.25) is 4.79 Å². The lowest BCUT2D eigenvalue weighted by Crippen LogP contribution is -2.29. The summed E-state index contributed by atoms with van der Waals surface area (Å²) in [5, 5.41) is 2.79. The summed E-state index contributed by atoms with van der Waals surface area (Å²) in [4.78, 5) is 14.5. The van der Waals surface area contributed by atoms with Crippen molar-refractivity contribution in [2.75, 3.05) is 31.1 Å².